The van der Waals surface area contributed by atoms with Crippen molar-refractivity contribution >= 4 is 42.1 Å². The third-order valence-corrected chi connectivity index (χ3v) is 5.20. The van der Waals surface area contributed by atoms with Crippen LogP contribution in [0.4, 0.5) is 0 Å². The lowest BCUT2D eigenvalue weighted by Crippen LogP contribution is -2.48. The molecule has 3 aromatic heterocycles. The Balaban J connectivity index is 0.00000140. The van der Waals surface area contributed by atoms with Gasteiger partial charge >= 0.3 is 0 Å². The maximum atomic E-state index is 12.5. The number of piperazine rings is 1. The summed E-state index contributed by atoms with van der Waals surface area (Å²) in [5.74, 6) is 1.81. The van der Waals surface area contributed by atoms with E-state index in [1.807, 2.05) is 22.4 Å². The zero-order valence-corrected chi connectivity index (χ0v) is 17.4. The third-order valence-electron chi connectivity index (χ3n) is 4.33. The Bertz CT molecular complexity index is 875. The number of hydrogen-bond acceptors (Lipinski definition) is 8. The van der Waals surface area contributed by atoms with Gasteiger partial charge in [-0.1, -0.05) is 11.2 Å². The van der Waals surface area contributed by atoms with Crippen LogP contribution in [0.5, 0.6) is 0 Å². The molecule has 0 unspecified atom stereocenters. The van der Waals surface area contributed by atoms with Gasteiger partial charge in [0, 0.05) is 26.2 Å². The number of hydrogen-bond donors (Lipinski definition) is 1. The molecule has 28 heavy (non-hydrogen) atoms. The molecule has 1 fully saturated rings. The van der Waals surface area contributed by atoms with Crippen LogP contribution in [-0.2, 0) is 13.1 Å². The first-order valence-electron chi connectivity index (χ1n) is 8.38. The van der Waals surface area contributed by atoms with E-state index in [-0.39, 0.29) is 30.7 Å². The van der Waals surface area contributed by atoms with E-state index >= 15 is 0 Å². The van der Waals surface area contributed by atoms with Crippen molar-refractivity contribution in [2.75, 3.05) is 26.2 Å². The van der Waals surface area contributed by atoms with E-state index in [1.54, 1.807) is 17.4 Å². The molecule has 0 atom stereocenters. The fraction of sp³-hybridized carbons (Fsp3) is 0.353. The smallest absolute Gasteiger partial charge is 0.257 e. The molecule has 2 N–H and O–H groups in total. The van der Waals surface area contributed by atoms with Crippen LogP contribution < -0.4 is 5.73 Å². The van der Waals surface area contributed by atoms with Crippen LogP contribution in [0.3, 0.4) is 0 Å². The second-order valence-corrected chi connectivity index (χ2v) is 7.01. The van der Waals surface area contributed by atoms with Crippen LogP contribution in [0.15, 0.2) is 38.8 Å². The van der Waals surface area contributed by atoms with Gasteiger partial charge in [0.15, 0.2) is 0 Å². The fourth-order valence-electron chi connectivity index (χ4n) is 2.91. The number of nitrogens with two attached hydrogens (primary N) is 1. The summed E-state index contributed by atoms with van der Waals surface area (Å²) in [6.07, 6.45) is 1.47. The topological polar surface area (TPSA) is 102 Å². The molecule has 4 heterocycles. The Kier molecular flexibility index (Phi) is 8.02. The van der Waals surface area contributed by atoms with Crippen LogP contribution in [0, 0.1) is 0 Å². The number of amides is 1. The molecule has 1 saturated heterocycles. The highest BCUT2D eigenvalue weighted by Crippen LogP contribution is 2.22. The quantitative estimate of drug-likeness (QED) is 0.643. The number of nitrogens with zero attached hydrogens (tertiary/aromatic N) is 4. The van der Waals surface area contributed by atoms with Crippen LogP contribution in [0.25, 0.3) is 10.7 Å². The first-order valence-corrected chi connectivity index (χ1v) is 9.26. The minimum atomic E-state index is -0.0223. The molecule has 3 aromatic rings. The average molecular weight is 446 g/mol. The summed E-state index contributed by atoms with van der Waals surface area (Å²) in [6.45, 7) is 3.68. The first kappa shape index (κ1) is 22.4. The molecule has 8 nitrogen and oxygen atoms in total. The van der Waals surface area contributed by atoms with Gasteiger partial charge in [-0.3, -0.25) is 9.69 Å². The van der Waals surface area contributed by atoms with Crippen LogP contribution in [-0.4, -0.2) is 52.0 Å². The van der Waals surface area contributed by atoms with Crippen LogP contribution >= 0.6 is 36.2 Å². The summed E-state index contributed by atoms with van der Waals surface area (Å²) in [5.41, 5.74) is 6.07. The van der Waals surface area contributed by atoms with Crippen molar-refractivity contribution in [3.63, 3.8) is 0 Å². The second-order valence-electron chi connectivity index (χ2n) is 6.06. The minimum absolute atomic E-state index is 0. The van der Waals surface area contributed by atoms with E-state index in [9.17, 15) is 4.79 Å². The maximum absolute atomic E-state index is 12.5. The van der Waals surface area contributed by atoms with Crippen molar-refractivity contribution < 1.29 is 13.7 Å². The van der Waals surface area contributed by atoms with E-state index in [1.165, 1.54) is 6.26 Å². The molecular weight excluding hydrogens is 425 g/mol. The number of carbonyl (C=O) groups is 1. The van der Waals surface area contributed by atoms with Gasteiger partial charge in [0.05, 0.1) is 23.5 Å². The predicted molar refractivity (Wildman–Crippen MR) is 110 cm³/mol. The van der Waals surface area contributed by atoms with E-state index in [2.05, 4.69) is 15.0 Å². The van der Waals surface area contributed by atoms with Crippen molar-refractivity contribution in [3.05, 3.63) is 47.1 Å². The molecule has 1 aliphatic rings. The van der Waals surface area contributed by atoms with Crippen molar-refractivity contribution in [1.82, 2.24) is 19.9 Å². The number of furan rings is 1. The standard InChI is InChI=1S/C17H19N5O3S.2ClH/c18-9-13-8-12(11-24-13)17(23)22-5-3-21(4-6-22)10-15-19-16(20-25-15)14-2-1-7-26-14;;/h1-2,7-8,11H,3-6,9-10,18H2;2*1H. The van der Waals surface area contributed by atoms with E-state index in [0.717, 1.165) is 18.0 Å². The lowest BCUT2D eigenvalue weighted by atomic mass is 10.2. The van der Waals surface area contributed by atoms with E-state index in [0.29, 0.717) is 49.2 Å². The number of aromatic nitrogens is 2. The molecule has 4 rings (SSSR count). The van der Waals surface area contributed by atoms with Gasteiger partial charge in [-0.15, -0.1) is 36.2 Å². The highest BCUT2D eigenvalue weighted by Gasteiger charge is 2.24. The highest BCUT2D eigenvalue weighted by molar-refractivity contribution is 7.13. The summed E-state index contributed by atoms with van der Waals surface area (Å²) in [7, 11) is 0. The zero-order chi connectivity index (χ0) is 17.9. The molecule has 0 radical (unpaired) electrons. The lowest BCUT2D eigenvalue weighted by Gasteiger charge is -2.33. The molecule has 0 aliphatic carbocycles. The fourth-order valence-corrected chi connectivity index (χ4v) is 3.56. The normalized spacial score (nSPS) is 14.4. The van der Waals surface area contributed by atoms with Gasteiger partial charge in [0.1, 0.15) is 12.0 Å². The van der Waals surface area contributed by atoms with Crippen LogP contribution in [0.2, 0.25) is 0 Å². The molecule has 0 bridgehead atoms. The van der Waals surface area contributed by atoms with Gasteiger partial charge < -0.3 is 19.6 Å². The summed E-state index contributed by atoms with van der Waals surface area (Å²) < 4.78 is 10.6. The maximum Gasteiger partial charge on any atom is 0.257 e. The Morgan fingerprint density at radius 1 is 1.25 bits per heavy atom. The van der Waals surface area contributed by atoms with Gasteiger partial charge in [0.25, 0.3) is 5.91 Å². The molecule has 0 saturated carbocycles. The van der Waals surface area contributed by atoms with Crippen LogP contribution in [0.1, 0.15) is 22.0 Å². The molecule has 1 aliphatic heterocycles. The average Bonchev–Trinajstić information content (AvgIpc) is 3.42. The SMILES string of the molecule is Cl.Cl.NCc1cc(C(=O)N2CCN(Cc3nc(-c4cccs4)no3)CC2)co1. The Labute approximate surface area is 178 Å². The molecule has 0 aromatic carbocycles. The first-order chi connectivity index (χ1) is 12.7. The zero-order valence-electron chi connectivity index (χ0n) is 14.9. The summed E-state index contributed by atoms with van der Waals surface area (Å²) in [4.78, 5) is 22.0. The Morgan fingerprint density at radius 2 is 2.04 bits per heavy atom. The highest BCUT2D eigenvalue weighted by atomic mass is 35.5. The van der Waals surface area contributed by atoms with Gasteiger partial charge in [-0.2, -0.15) is 4.98 Å². The largest absolute Gasteiger partial charge is 0.467 e. The number of thiophene rings is 1. The molecule has 11 heteroatoms. The van der Waals surface area contributed by atoms with Gasteiger partial charge in [0.2, 0.25) is 11.7 Å². The summed E-state index contributed by atoms with van der Waals surface area (Å²) >= 11 is 1.58. The van der Waals surface area contributed by atoms with E-state index in [4.69, 9.17) is 14.7 Å². The molecular formula is C17H21Cl2N5O3S. The molecule has 0 spiro atoms. The van der Waals surface area contributed by atoms with Crippen molar-refractivity contribution in [2.45, 2.75) is 13.1 Å². The molecule has 152 valence electrons. The second kappa shape index (κ2) is 10.0. The van der Waals surface area contributed by atoms with Crippen molar-refractivity contribution in [1.29, 1.82) is 0 Å². The number of rotatable bonds is 5. The van der Waals surface area contributed by atoms with Gasteiger partial charge in [-0.05, 0) is 17.5 Å². The van der Waals surface area contributed by atoms with E-state index < -0.39 is 0 Å². The number of halogens is 2. The number of carbonyl (C=O) groups excluding carboxylic acids is 1. The summed E-state index contributed by atoms with van der Waals surface area (Å²) in [5, 5.41) is 6.01. The Hall–Kier alpha value is -1.91. The minimum Gasteiger partial charge on any atom is -0.467 e. The summed E-state index contributed by atoms with van der Waals surface area (Å²) in [6, 6.07) is 5.64. The lowest BCUT2D eigenvalue weighted by molar-refractivity contribution is 0.0614. The monoisotopic (exact) mass is 445 g/mol. The predicted octanol–water partition coefficient (Wildman–Crippen LogP) is 2.65. The van der Waals surface area contributed by atoms with Crippen molar-refractivity contribution in [2.24, 2.45) is 5.73 Å². The van der Waals surface area contributed by atoms with Crippen molar-refractivity contribution in [3.8, 4) is 10.7 Å². The third kappa shape index (κ3) is 4.92. The molecule has 1 amide bonds. The van der Waals surface area contributed by atoms with Gasteiger partial charge in [-0.25, -0.2) is 0 Å². The Morgan fingerprint density at radius 3 is 2.68 bits per heavy atom.